The summed E-state index contributed by atoms with van der Waals surface area (Å²) in [4.78, 5) is 37.3. The maximum absolute atomic E-state index is 12.8. The number of hydrazone groups is 1. The molecular weight excluding hydrogens is 526 g/mol. The van der Waals surface area contributed by atoms with Gasteiger partial charge in [0.05, 0.1) is 18.3 Å². The van der Waals surface area contributed by atoms with Crippen molar-refractivity contribution in [2.45, 2.75) is 90.9 Å². The number of carbonyl (C=O) groups is 3. The first-order valence-corrected chi connectivity index (χ1v) is 15.4. The third-order valence-corrected chi connectivity index (χ3v) is 7.22. The van der Waals surface area contributed by atoms with E-state index in [0.717, 1.165) is 35.6 Å². The Balaban J connectivity index is 1.42. The molecule has 7 heteroatoms. The van der Waals surface area contributed by atoms with Crippen LogP contribution in [0.2, 0.25) is 0 Å². The molecule has 0 aromatic heterocycles. The lowest BCUT2D eigenvalue weighted by atomic mass is 10.0. The largest absolute Gasteiger partial charge is 0.422 e. The number of esters is 1. The summed E-state index contributed by atoms with van der Waals surface area (Å²) in [5.41, 5.74) is 4.43. The van der Waals surface area contributed by atoms with Crippen LogP contribution in [0, 0.1) is 6.92 Å². The average Bonchev–Trinajstić information content (AvgIpc) is 2.99. The van der Waals surface area contributed by atoms with E-state index in [0.29, 0.717) is 23.3 Å². The summed E-state index contributed by atoms with van der Waals surface area (Å²) in [7, 11) is 0. The van der Waals surface area contributed by atoms with Crippen LogP contribution in [-0.4, -0.2) is 30.5 Å². The van der Waals surface area contributed by atoms with Gasteiger partial charge in [0, 0.05) is 12.0 Å². The quantitative estimate of drug-likeness (QED) is 0.0539. The predicted molar refractivity (Wildman–Crippen MR) is 170 cm³/mol. The third kappa shape index (κ3) is 11.5. The van der Waals surface area contributed by atoms with Crippen LogP contribution in [0.15, 0.2) is 65.8 Å². The van der Waals surface area contributed by atoms with E-state index >= 15 is 0 Å². The number of nitrogens with zero attached hydrogens (tertiary/aromatic N) is 1. The molecule has 0 radical (unpaired) electrons. The molecule has 2 amide bonds. The Morgan fingerprint density at radius 3 is 2.19 bits per heavy atom. The Kier molecular flexibility index (Phi) is 14.3. The Hall–Kier alpha value is -4.00. The zero-order chi connectivity index (χ0) is 30.0. The Labute approximate surface area is 250 Å². The molecule has 0 heterocycles. The van der Waals surface area contributed by atoms with Gasteiger partial charge in [-0.3, -0.25) is 9.59 Å². The van der Waals surface area contributed by atoms with Crippen LogP contribution >= 0.6 is 0 Å². The molecule has 0 aliphatic heterocycles. The summed E-state index contributed by atoms with van der Waals surface area (Å²) < 4.78 is 5.72. The lowest BCUT2D eigenvalue weighted by Gasteiger charge is -2.11. The molecule has 0 unspecified atom stereocenters. The number of unbranched alkanes of at least 4 members (excludes halogenated alkanes) is 10. The van der Waals surface area contributed by atoms with Crippen LogP contribution in [0.3, 0.4) is 0 Å². The van der Waals surface area contributed by atoms with Crippen LogP contribution in [0.5, 0.6) is 5.75 Å². The molecule has 224 valence electrons. The molecule has 0 spiro atoms. The van der Waals surface area contributed by atoms with Gasteiger partial charge in [0.15, 0.2) is 0 Å². The molecular formula is C35H45N3O4. The average molecular weight is 572 g/mol. The normalized spacial score (nSPS) is 11.1. The van der Waals surface area contributed by atoms with Gasteiger partial charge in [-0.05, 0) is 42.3 Å². The summed E-state index contributed by atoms with van der Waals surface area (Å²) in [6.45, 7) is 4.00. The smallest absolute Gasteiger partial charge is 0.343 e. The number of amides is 2. The number of rotatable bonds is 18. The molecule has 0 aliphatic rings. The number of benzene rings is 3. The number of fused-ring (bicyclic) bond motifs is 1. The highest BCUT2D eigenvalue weighted by Crippen LogP contribution is 2.27. The number of hydrogen-bond acceptors (Lipinski definition) is 5. The van der Waals surface area contributed by atoms with Crippen LogP contribution in [0.1, 0.15) is 105 Å². The topological polar surface area (TPSA) is 96.9 Å². The van der Waals surface area contributed by atoms with Crippen molar-refractivity contribution in [3.8, 4) is 5.75 Å². The van der Waals surface area contributed by atoms with E-state index in [1.54, 1.807) is 24.3 Å². The summed E-state index contributed by atoms with van der Waals surface area (Å²) in [6.07, 6.45) is 15.3. The van der Waals surface area contributed by atoms with Gasteiger partial charge in [0.1, 0.15) is 5.75 Å². The fourth-order valence-corrected chi connectivity index (χ4v) is 4.85. The van der Waals surface area contributed by atoms with Crippen molar-refractivity contribution in [3.05, 3.63) is 77.4 Å². The Morgan fingerprint density at radius 1 is 0.786 bits per heavy atom. The first-order valence-electron chi connectivity index (χ1n) is 15.4. The molecule has 3 aromatic rings. The SMILES string of the molecule is CCCCCCCCCCCCCC(=O)NCC(=O)N/N=C\c1c(OC(=O)c2cccc(C)c2)ccc2ccccc12. The monoisotopic (exact) mass is 571 g/mol. The summed E-state index contributed by atoms with van der Waals surface area (Å²) in [5.74, 6) is -0.715. The predicted octanol–water partition coefficient (Wildman–Crippen LogP) is 7.63. The van der Waals surface area contributed by atoms with Crippen molar-refractivity contribution < 1.29 is 19.1 Å². The highest BCUT2D eigenvalue weighted by Gasteiger charge is 2.14. The van der Waals surface area contributed by atoms with E-state index in [1.165, 1.54) is 57.6 Å². The Morgan fingerprint density at radius 2 is 1.48 bits per heavy atom. The van der Waals surface area contributed by atoms with Gasteiger partial charge in [0.2, 0.25) is 5.91 Å². The first-order chi connectivity index (χ1) is 20.5. The van der Waals surface area contributed by atoms with Crippen LogP contribution in [-0.2, 0) is 9.59 Å². The third-order valence-electron chi connectivity index (χ3n) is 7.22. The molecule has 42 heavy (non-hydrogen) atoms. The number of ether oxygens (including phenoxy) is 1. The number of nitrogens with one attached hydrogen (secondary N) is 2. The molecule has 0 fully saturated rings. The van der Waals surface area contributed by atoms with Crippen molar-refractivity contribution >= 4 is 34.8 Å². The van der Waals surface area contributed by atoms with Gasteiger partial charge in [0.25, 0.3) is 5.91 Å². The second-order valence-electron chi connectivity index (χ2n) is 10.8. The summed E-state index contributed by atoms with van der Waals surface area (Å²) in [5, 5.41) is 8.52. The molecule has 2 N–H and O–H groups in total. The molecule has 0 saturated heterocycles. The molecule has 0 saturated carbocycles. The highest BCUT2D eigenvalue weighted by molar-refractivity contribution is 6.04. The molecule has 0 bridgehead atoms. The minimum Gasteiger partial charge on any atom is -0.422 e. The van der Waals surface area contributed by atoms with Gasteiger partial charge in [-0.25, -0.2) is 10.2 Å². The molecule has 0 aliphatic carbocycles. The van der Waals surface area contributed by atoms with E-state index in [9.17, 15) is 14.4 Å². The minimum atomic E-state index is -0.479. The Bertz CT molecular complexity index is 1330. The van der Waals surface area contributed by atoms with E-state index in [4.69, 9.17) is 4.74 Å². The molecule has 0 atom stereocenters. The van der Waals surface area contributed by atoms with Gasteiger partial charge in [-0.1, -0.05) is 119 Å². The second kappa shape index (κ2) is 18.4. The molecule has 3 rings (SSSR count). The maximum Gasteiger partial charge on any atom is 0.343 e. The summed E-state index contributed by atoms with van der Waals surface area (Å²) in [6, 6.07) is 18.4. The van der Waals surface area contributed by atoms with E-state index < -0.39 is 11.9 Å². The van der Waals surface area contributed by atoms with Crippen molar-refractivity contribution in [1.82, 2.24) is 10.7 Å². The standard InChI is InChI=1S/C35H45N3O4/c1-3-4-5-6-7-8-9-10-11-12-13-21-33(39)36-26-34(40)38-37-25-31-30-20-15-14-18-28(30)22-23-32(31)42-35(41)29-19-16-17-27(2)24-29/h14-20,22-25H,3-13,21,26H2,1-2H3,(H,36,39)(H,38,40)/b37-25-. The lowest BCUT2D eigenvalue weighted by molar-refractivity contribution is -0.126. The van der Waals surface area contributed by atoms with Crippen LogP contribution < -0.4 is 15.5 Å². The fourth-order valence-electron chi connectivity index (χ4n) is 4.85. The number of aryl methyl sites for hydroxylation is 1. The minimum absolute atomic E-state index is 0.135. The van der Waals surface area contributed by atoms with Gasteiger partial charge in [-0.15, -0.1) is 0 Å². The molecule has 3 aromatic carbocycles. The van der Waals surface area contributed by atoms with Crippen molar-refractivity contribution in [3.63, 3.8) is 0 Å². The zero-order valence-electron chi connectivity index (χ0n) is 25.1. The van der Waals surface area contributed by atoms with Crippen molar-refractivity contribution in [1.29, 1.82) is 0 Å². The second-order valence-corrected chi connectivity index (χ2v) is 10.8. The van der Waals surface area contributed by atoms with Crippen molar-refractivity contribution in [2.24, 2.45) is 5.10 Å². The van der Waals surface area contributed by atoms with E-state index in [-0.39, 0.29) is 12.5 Å². The van der Waals surface area contributed by atoms with Gasteiger partial charge in [-0.2, -0.15) is 5.10 Å². The van der Waals surface area contributed by atoms with E-state index in [1.807, 2.05) is 43.3 Å². The maximum atomic E-state index is 12.8. The summed E-state index contributed by atoms with van der Waals surface area (Å²) >= 11 is 0. The van der Waals surface area contributed by atoms with Gasteiger partial charge < -0.3 is 10.1 Å². The highest BCUT2D eigenvalue weighted by atomic mass is 16.5. The van der Waals surface area contributed by atoms with Crippen molar-refractivity contribution in [2.75, 3.05) is 6.54 Å². The van der Waals surface area contributed by atoms with E-state index in [2.05, 4.69) is 22.8 Å². The van der Waals surface area contributed by atoms with Crippen LogP contribution in [0.25, 0.3) is 10.8 Å². The number of carbonyl (C=O) groups excluding carboxylic acids is 3. The lowest BCUT2D eigenvalue weighted by Crippen LogP contribution is -2.34. The molecule has 7 nitrogen and oxygen atoms in total. The number of hydrogen-bond donors (Lipinski definition) is 2. The zero-order valence-corrected chi connectivity index (χ0v) is 25.1. The van der Waals surface area contributed by atoms with Gasteiger partial charge >= 0.3 is 5.97 Å². The fraction of sp³-hybridized carbons (Fsp3) is 0.429. The first kappa shape index (κ1) is 32.5. The van der Waals surface area contributed by atoms with Crippen LogP contribution in [0.4, 0.5) is 0 Å².